The maximum Gasteiger partial charge on any atom is 0.323 e. The highest BCUT2D eigenvalue weighted by Gasteiger charge is 2.13. The van der Waals surface area contributed by atoms with E-state index in [2.05, 4.69) is 15.3 Å². The van der Waals surface area contributed by atoms with Gasteiger partial charge >= 0.3 is 5.69 Å². The molecular weight excluding hydrogens is 288 g/mol. The van der Waals surface area contributed by atoms with E-state index in [0.29, 0.717) is 16.7 Å². The van der Waals surface area contributed by atoms with Gasteiger partial charge in [-0.3, -0.25) is 4.79 Å². The van der Waals surface area contributed by atoms with Crippen molar-refractivity contribution in [3.63, 3.8) is 0 Å². The largest absolute Gasteiger partial charge is 0.504 e. The van der Waals surface area contributed by atoms with Crippen molar-refractivity contribution in [2.45, 2.75) is 0 Å². The number of H-pyrrole nitrogens is 2. The molecular formula is C14H12N4O4. The first-order chi connectivity index (χ1) is 10.4. The lowest BCUT2D eigenvalue weighted by Gasteiger charge is -2.08. The minimum atomic E-state index is -0.515. The molecule has 1 amide bonds. The molecule has 0 unspecified atom stereocenters. The van der Waals surface area contributed by atoms with Crippen molar-refractivity contribution in [2.24, 2.45) is 0 Å². The maximum absolute atomic E-state index is 12.1. The molecule has 0 aliphatic heterocycles. The van der Waals surface area contributed by atoms with E-state index in [1.807, 2.05) is 0 Å². The smallest absolute Gasteiger partial charge is 0.323 e. The number of anilines is 2. The van der Waals surface area contributed by atoms with Gasteiger partial charge in [-0.05, 0) is 30.3 Å². The molecule has 22 heavy (non-hydrogen) atoms. The molecule has 0 aliphatic carbocycles. The topological polar surface area (TPSA) is 144 Å². The summed E-state index contributed by atoms with van der Waals surface area (Å²) in [7, 11) is 0. The Morgan fingerprint density at radius 1 is 1.09 bits per heavy atom. The molecule has 0 atom stereocenters. The van der Waals surface area contributed by atoms with Gasteiger partial charge in [0.2, 0.25) is 0 Å². The first-order valence-corrected chi connectivity index (χ1v) is 6.29. The Morgan fingerprint density at radius 2 is 1.82 bits per heavy atom. The van der Waals surface area contributed by atoms with Gasteiger partial charge < -0.3 is 31.2 Å². The highest BCUT2D eigenvalue weighted by atomic mass is 16.3. The third kappa shape index (κ3) is 2.33. The SMILES string of the molecule is Nc1cc(C(=O)Nc2ccc3[nH]c(=O)[nH]c3c2)cc(O)c1O. The van der Waals surface area contributed by atoms with Crippen molar-refractivity contribution >= 4 is 28.3 Å². The number of fused-ring (bicyclic) bond motifs is 1. The van der Waals surface area contributed by atoms with Crippen molar-refractivity contribution < 1.29 is 15.0 Å². The molecule has 112 valence electrons. The van der Waals surface area contributed by atoms with Crippen molar-refractivity contribution in [1.82, 2.24) is 9.97 Å². The fraction of sp³-hybridized carbons (Fsp3) is 0. The van der Waals surface area contributed by atoms with Crippen LogP contribution in [0.1, 0.15) is 10.4 Å². The molecule has 8 heteroatoms. The third-order valence-corrected chi connectivity index (χ3v) is 3.16. The van der Waals surface area contributed by atoms with E-state index in [1.54, 1.807) is 18.2 Å². The number of rotatable bonds is 2. The van der Waals surface area contributed by atoms with Crippen LogP contribution in [0.5, 0.6) is 11.5 Å². The number of benzene rings is 2. The number of nitrogens with two attached hydrogens (primary N) is 1. The summed E-state index contributed by atoms with van der Waals surface area (Å²) in [5, 5.41) is 21.5. The van der Waals surface area contributed by atoms with Gasteiger partial charge in [0.05, 0.1) is 16.7 Å². The second kappa shape index (κ2) is 4.85. The Labute approximate surface area is 123 Å². The molecule has 0 aliphatic rings. The summed E-state index contributed by atoms with van der Waals surface area (Å²) in [6.45, 7) is 0. The van der Waals surface area contributed by atoms with Crippen LogP contribution >= 0.6 is 0 Å². The molecule has 3 rings (SSSR count). The lowest BCUT2D eigenvalue weighted by atomic mass is 10.1. The lowest BCUT2D eigenvalue weighted by molar-refractivity contribution is 0.102. The van der Waals surface area contributed by atoms with Crippen LogP contribution < -0.4 is 16.7 Å². The summed E-state index contributed by atoms with van der Waals surface area (Å²) in [5.74, 6) is -1.46. The molecule has 1 aromatic heterocycles. The predicted octanol–water partition coefficient (Wildman–Crippen LogP) is 1.10. The van der Waals surface area contributed by atoms with Gasteiger partial charge in [-0.15, -0.1) is 0 Å². The zero-order valence-corrected chi connectivity index (χ0v) is 11.2. The number of aromatic nitrogens is 2. The molecule has 8 nitrogen and oxygen atoms in total. The van der Waals surface area contributed by atoms with Crippen LogP contribution in [-0.4, -0.2) is 26.1 Å². The molecule has 0 saturated heterocycles. The van der Waals surface area contributed by atoms with Gasteiger partial charge in [-0.1, -0.05) is 0 Å². The fourth-order valence-electron chi connectivity index (χ4n) is 2.09. The Hall–Kier alpha value is -3.42. The van der Waals surface area contributed by atoms with E-state index in [9.17, 15) is 19.8 Å². The fourth-order valence-corrected chi connectivity index (χ4v) is 2.09. The second-order valence-corrected chi connectivity index (χ2v) is 4.73. The van der Waals surface area contributed by atoms with E-state index < -0.39 is 17.4 Å². The van der Waals surface area contributed by atoms with Gasteiger partial charge in [0.1, 0.15) is 0 Å². The highest BCUT2D eigenvalue weighted by Crippen LogP contribution is 2.32. The molecule has 0 saturated carbocycles. The number of carbonyl (C=O) groups excluding carboxylic acids is 1. The van der Waals surface area contributed by atoms with E-state index in [-0.39, 0.29) is 16.9 Å². The molecule has 1 heterocycles. The van der Waals surface area contributed by atoms with Crippen LogP contribution in [0.25, 0.3) is 11.0 Å². The summed E-state index contributed by atoms with van der Waals surface area (Å²) in [4.78, 5) is 28.5. The van der Waals surface area contributed by atoms with Gasteiger partial charge in [0.25, 0.3) is 5.91 Å². The van der Waals surface area contributed by atoms with Crippen molar-refractivity contribution in [1.29, 1.82) is 0 Å². The zero-order valence-electron chi connectivity index (χ0n) is 11.2. The number of hydrogen-bond acceptors (Lipinski definition) is 5. The number of amides is 1. The number of phenolic OH excluding ortho intramolecular Hbond substituents is 2. The van der Waals surface area contributed by atoms with Crippen LogP contribution in [0, 0.1) is 0 Å². The van der Waals surface area contributed by atoms with Crippen molar-refractivity contribution in [3.05, 3.63) is 46.4 Å². The van der Waals surface area contributed by atoms with Crippen molar-refractivity contribution in [2.75, 3.05) is 11.1 Å². The molecule has 0 fully saturated rings. The van der Waals surface area contributed by atoms with E-state index >= 15 is 0 Å². The molecule has 3 aromatic rings. The quantitative estimate of drug-likeness (QED) is 0.310. The molecule has 0 bridgehead atoms. The average molecular weight is 300 g/mol. The Bertz CT molecular complexity index is 918. The minimum Gasteiger partial charge on any atom is -0.504 e. The Kier molecular flexibility index (Phi) is 2.99. The van der Waals surface area contributed by atoms with Gasteiger partial charge in [0, 0.05) is 11.3 Å². The first-order valence-electron chi connectivity index (χ1n) is 6.29. The highest BCUT2D eigenvalue weighted by molar-refractivity contribution is 6.06. The predicted molar refractivity (Wildman–Crippen MR) is 81.1 cm³/mol. The molecule has 2 aromatic carbocycles. The lowest BCUT2D eigenvalue weighted by Crippen LogP contribution is -2.12. The van der Waals surface area contributed by atoms with Crippen LogP contribution in [0.2, 0.25) is 0 Å². The minimum absolute atomic E-state index is 0.0930. The number of nitrogens with one attached hydrogen (secondary N) is 3. The van der Waals surface area contributed by atoms with E-state index in [0.717, 1.165) is 6.07 Å². The number of imidazole rings is 1. The van der Waals surface area contributed by atoms with Crippen LogP contribution in [0.4, 0.5) is 11.4 Å². The van der Waals surface area contributed by atoms with Crippen LogP contribution in [0.3, 0.4) is 0 Å². The summed E-state index contributed by atoms with van der Waals surface area (Å²) in [5.41, 5.74) is 6.78. The zero-order chi connectivity index (χ0) is 15.9. The molecule has 7 N–H and O–H groups in total. The van der Waals surface area contributed by atoms with E-state index in [4.69, 9.17) is 5.73 Å². The van der Waals surface area contributed by atoms with Gasteiger partial charge in [-0.2, -0.15) is 0 Å². The molecule has 0 radical (unpaired) electrons. The number of carbonyl (C=O) groups is 1. The summed E-state index contributed by atoms with van der Waals surface area (Å²) < 4.78 is 0. The summed E-state index contributed by atoms with van der Waals surface area (Å²) >= 11 is 0. The van der Waals surface area contributed by atoms with Gasteiger partial charge in [0.15, 0.2) is 11.5 Å². The standard InChI is InChI=1S/C14H12N4O4/c15-8-3-6(4-11(19)12(8)20)13(21)16-7-1-2-9-10(5-7)18-14(22)17-9/h1-5,19-20H,15H2,(H,16,21)(H2,17,18,22). The first kappa shape index (κ1) is 13.6. The number of aromatic hydroxyl groups is 2. The number of nitrogen functional groups attached to an aromatic ring is 1. The Balaban J connectivity index is 1.90. The average Bonchev–Trinajstić information content (AvgIpc) is 2.83. The Morgan fingerprint density at radius 3 is 2.55 bits per heavy atom. The normalized spacial score (nSPS) is 10.7. The van der Waals surface area contributed by atoms with E-state index in [1.165, 1.54) is 6.07 Å². The van der Waals surface area contributed by atoms with Crippen LogP contribution in [-0.2, 0) is 0 Å². The maximum atomic E-state index is 12.1. The van der Waals surface area contributed by atoms with Crippen LogP contribution in [0.15, 0.2) is 35.1 Å². The number of aromatic amines is 2. The summed E-state index contributed by atoms with van der Waals surface area (Å²) in [6, 6.07) is 7.21. The number of phenols is 2. The second-order valence-electron chi connectivity index (χ2n) is 4.73. The number of hydrogen-bond donors (Lipinski definition) is 6. The van der Waals surface area contributed by atoms with Crippen molar-refractivity contribution in [3.8, 4) is 11.5 Å². The monoisotopic (exact) mass is 300 g/mol. The summed E-state index contributed by atoms with van der Waals surface area (Å²) in [6.07, 6.45) is 0. The molecule has 0 spiro atoms. The third-order valence-electron chi connectivity index (χ3n) is 3.16. The van der Waals surface area contributed by atoms with Gasteiger partial charge in [-0.25, -0.2) is 4.79 Å².